The molecule has 1 amide bonds. The highest BCUT2D eigenvalue weighted by Crippen LogP contribution is 2.11. The van der Waals surface area contributed by atoms with Gasteiger partial charge in [-0.25, -0.2) is 0 Å². The van der Waals surface area contributed by atoms with Crippen LogP contribution in [-0.4, -0.2) is 41.5 Å². The van der Waals surface area contributed by atoms with E-state index in [1.807, 2.05) is 17.5 Å². The Balaban J connectivity index is 2.39. The normalized spacial score (nSPS) is 10.1. The molecule has 0 saturated carbocycles. The molecule has 6 heteroatoms. The predicted molar refractivity (Wildman–Crippen MR) is 75.1 cm³/mol. The lowest BCUT2D eigenvalue weighted by atomic mass is 10.3. The van der Waals surface area contributed by atoms with Crippen LogP contribution in [0.3, 0.4) is 0 Å². The third kappa shape index (κ3) is 6.17. The zero-order valence-corrected chi connectivity index (χ0v) is 11.5. The molecule has 1 heterocycles. The first-order chi connectivity index (χ1) is 9.13. The number of aliphatic carboxylic acids is 1. The van der Waals surface area contributed by atoms with E-state index >= 15 is 0 Å². The van der Waals surface area contributed by atoms with Gasteiger partial charge in [0.1, 0.15) is 0 Å². The summed E-state index contributed by atoms with van der Waals surface area (Å²) in [5.41, 5.74) is 0. The third-order valence-electron chi connectivity index (χ3n) is 2.42. The molecule has 104 valence electrons. The van der Waals surface area contributed by atoms with E-state index in [0.29, 0.717) is 19.6 Å². The molecule has 0 radical (unpaired) electrons. The Bertz CT molecular complexity index is 418. The van der Waals surface area contributed by atoms with Gasteiger partial charge in [-0.05, 0) is 11.4 Å². The molecule has 0 atom stereocenters. The number of carbonyl (C=O) groups is 2. The lowest BCUT2D eigenvalue weighted by molar-refractivity contribution is -0.137. The standard InChI is InChI=1S/C13H18N2O3S/c1-2-7-15(10-11-4-3-8-19-11)12(16)9-14-6-5-13(17)18/h2-4,8,14H,1,5-7,9-10H2,(H,17,18). The van der Waals surface area contributed by atoms with E-state index in [4.69, 9.17) is 5.11 Å². The molecule has 1 aromatic rings. The Labute approximate surface area is 116 Å². The van der Waals surface area contributed by atoms with E-state index < -0.39 is 5.97 Å². The maximum Gasteiger partial charge on any atom is 0.304 e. The van der Waals surface area contributed by atoms with Crippen LogP contribution in [0.2, 0.25) is 0 Å². The van der Waals surface area contributed by atoms with Crippen molar-refractivity contribution in [3.05, 3.63) is 35.0 Å². The number of hydrogen-bond donors (Lipinski definition) is 2. The Morgan fingerprint density at radius 1 is 1.53 bits per heavy atom. The summed E-state index contributed by atoms with van der Waals surface area (Å²) >= 11 is 1.60. The van der Waals surface area contributed by atoms with Gasteiger partial charge in [0.2, 0.25) is 5.91 Å². The predicted octanol–water partition coefficient (Wildman–Crippen LogP) is 1.33. The minimum absolute atomic E-state index is 0.0136. The molecule has 5 nitrogen and oxygen atoms in total. The van der Waals surface area contributed by atoms with Gasteiger partial charge in [-0.3, -0.25) is 9.59 Å². The second-order valence-corrected chi connectivity index (χ2v) is 5.00. The van der Waals surface area contributed by atoms with Gasteiger partial charge in [0.25, 0.3) is 0 Å². The second kappa shape index (κ2) is 8.44. The topological polar surface area (TPSA) is 69.6 Å². The van der Waals surface area contributed by atoms with Crippen LogP contribution >= 0.6 is 11.3 Å². The highest BCUT2D eigenvalue weighted by atomic mass is 32.1. The van der Waals surface area contributed by atoms with Crippen LogP contribution < -0.4 is 5.32 Å². The third-order valence-corrected chi connectivity index (χ3v) is 3.28. The molecule has 19 heavy (non-hydrogen) atoms. The summed E-state index contributed by atoms with van der Waals surface area (Å²) in [6.45, 7) is 5.12. The summed E-state index contributed by atoms with van der Waals surface area (Å²) < 4.78 is 0. The zero-order valence-electron chi connectivity index (χ0n) is 10.7. The number of carbonyl (C=O) groups excluding carboxylic acids is 1. The minimum atomic E-state index is -0.874. The van der Waals surface area contributed by atoms with Crippen molar-refractivity contribution in [3.63, 3.8) is 0 Å². The van der Waals surface area contributed by atoms with E-state index in [2.05, 4.69) is 11.9 Å². The first-order valence-corrected chi connectivity index (χ1v) is 6.85. The van der Waals surface area contributed by atoms with E-state index in [-0.39, 0.29) is 18.9 Å². The van der Waals surface area contributed by atoms with E-state index in [1.54, 1.807) is 22.3 Å². The summed E-state index contributed by atoms with van der Waals surface area (Å²) in [5, 5.41) is 13.3. The van der Waals surface area contributed by atoms with Crippen molar-refractivity contribution in [2.75, 3.05) is 19.6 Å². The second-order valence-electron chi connectivity index (χ2n) is 3.96. The van der Waals surface area contributed by atoms with Crippen molar-refractivity contribution >= 4 is 23.2 Å². The Hall–Kier alpha value is -1.66. The van der Waals surface area contributed by atoms with Gasteiger partial charge in [0, 0.05) is 18.0 Å². The maximum absolute atomic E-state index is 12.0. The van der Waals surface area contributed by atoms with Crippen LogP contribution in [0.25, 0.3) is 0 Å². The molecule has 1 aromatic heterocycles. The number of carboxylic acids is 1. The first kappa shape index (κ1) is 15.4. The van der Waals surface area contributed by atoms with Crippen molar-refractivity contribution in [2.45, 2.75) is 13.0 Å². The van der Waals surface area contributed by atoms with E-state index in [1.165, 1.54) is 0 Å². The Morgan fingerprint density at radius 3 is 2.89 bits per heavy atom. The summed E-state index contributed by atoms with van der Waals surface area (Å²) in [6.07, 6.45) is 1.70. The van der Waals surface area contributed by atoms with Crippen LogP contribution in [0.15, 0.2) is 30.2 Å². The number of rotatable bonds is 9. The number of thiophene rings is 1. The van der Waals surface area contributed by atoms with E-state index in [0.717, 1.165) is 4.88 Å². The fourth-order valence-corrected chi connectivity index (χ4v) is 2.22. The average molecular weight is 282 g/mol. The monoisotopic (exact) mass is 282 g/mol. The molecule has 0 aliphatic rings. The first-order valence-electron chi connectivity index (χ1n) is 5.97. The van der Waals surface area contributed by atoms with Crippen LogP contribution in [0.4, 0.5) is 0 Å². The molecule has 0 spiro atoms. The molecule has 0 bridgehead atoms. The molecular weight excluding hydrogens is 264 g/mol. The molecule has 0 aliphatic carbocycles. The lowest BCUT2D eigenvalue weighted by Crippen LogP contribution is -2.38. The molecular formula is C13H18N2O3S. The van der Waals surface area contributed by atoms with Gasteiger partial charge in [-0.1, -0.05) is 12.1 Å². The van der Waals surface area contributed by atoms with Gasteiger partial charge in [0.05, 0.1) is 19.5 Å². The molecule has 0 saturated heterocycles. The number of amides is 1. The summed E-state index contributed by atoms with van der Waals surface area (Å²) in [4.78, 5) is 25.1. The number of carboxylic acid groups (broad SMARTS) is 1. The van der Waals surface area contributed by atoms with Crippen molar-refractivity contribution in [1.82, 2.24) is 10.2 Å². The average Bonchev–Trinajstić information content (AvgIpc) is 2.86. The SMILES string of the molecule is C=CCN(Cc1cccs1)C(=O)CNCCC(=O)O. The Kier molecular flexibility index (Phi) is 6.84. The van der Waals surface area contributed by atoms with Gasteiger partial charge in [-0.15, -0.1) is 17.9 Å². The summed E-state index contributed by atoms with van der Waals surface area (Å²) in [6, 6.07) is 3.92. The summed E-state index contributed by atoms with van der Waals surface area (Å²) in [7, 11) is 0. The van der Waals surface area contributed by atoms with Gasteiger partial charge in [0.15, 0.2) is 0 Å². The van der Waals surface area contributed by atoms with Crippen molar-refractivity contribution < 1.29 is 14.7 Å². The quantitative estimate of drug-likeness (QED) is 0.529. The zero-order chi connectivity index (χ0) is 14.1. The smallest absolute Gasteiger partial charge is 0.304 e. The molecule has 1 rings (SSSR count). The molecule has 0 fully saturated rings. The number of hydrogen-bond acceptors (Lipinski definition) is 4. The van der Waals surface area contributed by atoms with Crippen LogP contribution in [0, 0.1) is 0 Å². The van der Waals surface area contributed by atoms with Crippen LogP contribution in [-0.2, 0) is 16.1 Å². The van der Waals surface area contributed by atoms with Gasteiger partial charge < -0.3 is 15.3 Å². The fourth-order valence-electron chi connectivity index (χ4n) is 1.50. The maximum atomic E-state index is 12.0. The van der Waals surface area contributed by atoms with Crippen molar-refractivity contribution in [1.29, 1.82) is 0 Å². The number of nitrogens with zero attached hydrogens (tertiary/aromatic N) is 1. The molecule has 0 unspecified atom stereocenters. The van der Waals surface area contributed by atoms with Crippen LogP contribution in [0.5, 0.6) is 0 Å². The number of nitrogens with one attached hydrogen (secondary N) is 1. The van der Waals surface area contributed by atoms with Crippen molar-refractivity contribution in [2.24, 2.45) is 0 Å². The van der Waals surface area contributed by atoms with E-state index in [9.17, 15) is 9.59 Å². The fraction of sp³-hybridized carbons (Fsp3) is 0.385. The lowest BCUT2D eigenvalue weighted by Gasteiger charge is -2.20. The molecule has 2 N–H and O–H groups in total. The minimum Gasteiger partial charge on any atom is -0.481 e. The van der Waals surface area contributed by atoms with Crippen LogP contribution in [0.1, 0.15) is 11.3 Å². The highest BCUT2D eigenvalue weighted by Gasteiger charge is 2.12. The van der Waals surface area contributed by atoms with Crippen molar-refractivity contribution in [3.8, 4) is 0 Å². The largest absolute Gasteiger partial charge is 0.481 e. The highest BCUT2D eigenvalue weighted by molar-refractivity contribution is 7.09. The van der Waals surface area contributed by atoms with Gasteiger partial charge in [-0.2, -0.15) is 0 Å². The molecule has 0 aromatic carbocycles. The Morgan fingerprint density at radius 2 is 2.32 bits per heavy atom. The summed E-state index contributed by atoms with van der Waals surface area (Å²) in [5.74, 6) is -0.930. The molecule has 0 aliphatic heterocycles. The van der Waals surface area contributed by atoms with Gasteiger partial charge >= 0.3 is 5.97 Å².